The average Bonchev–Trinajstić information content (AvgIpc) is 3.20. The minimum Gasteiger partial charge on any atom is -0.336 e. The Balaban J connectivity index is 1.68. The fourth-order valence-corrected chi connectivity index (χ4v) is 5.07. The van der Waals surface area contributed by atoms with Gasteiger partial charge < -0.3 is 4.57 Å². The minimum absolute atomic E-state index is 0.379. The molecule has 1 heterocycles. The lowest BCUT2D eigenvalue weighted by atomic mass is 10.1. The first-order chi connectivity index (χ1) is 13.2. The van der Waals surface area contributed by atoms with E-state index < -0.39 is 0 Å². The topological polar surface area (TPSA) is 17.8 Å². The number of halogens is 1. The lowest BCUT2D eigenvalue weighted by molar-refractivity contribution is 0.683. The molecule has 0 amide bonds. The van der Waals surface area contributed by atoms with Crippen molar-refractivity contribution in [2.45, 2.75) is 42.2 Å². The summed E-state index contributed by atoms with van der Waals surface area (Å²) in [4.78, 5) is 5.55. The molecule has 0 radical (unpaired) electrons. The molecular weight excluding hydrogens is 392 g/mol. The van der Waals surface area contributed by atoms with E-state index in [0.717, 1.165) is 17.3 Å². The maximum Gasteiger partial charge on any atom is 0.0946 e. The normalized spacial score (nSPS) is 12.2. The molecule has 0 aliphatic rings. The zero-order valence-electron chi connectivity index (χ0n) is 15.6. The molecule has 1 aromatic heterocycles. The fraction of sp³-hybridized carbons (Fsp3) is 0.318. The Morgan fingerprint density at radius 1 is 1.07 bits per heavy atom. The van der Waals surface area contributed by atoms with Crippen molar-refractivity contribution in [2.75, 3.05) is 5.75 Å². The van der Waals surface area contributed by atoms with Crippen LogP contribution >= 0.6 is 35.1 Å². The summed E-state index contributed by atoms with van der Waals surface area (Å²) in [6, 6.07) is 17.2. The Hall–Kier alpha value is -1.36. The summed E-state index contributed by atoms with van der Waals surface area (Å²) in [6.07, 6.45) is 8.29. The van der Waals surface area contributed by atoms with Crippen LogP contribution in [0.15, 0.2) is 72.1 Å². The first-order valence-corrected chi connectivity index (χ1v) is 11.7. The van der Waals surface area contributed by atoms with Gasteiger partial charge >= 0.3 is 0 Å². The Labute approximate surface area is 175 Å². The van der Waals surface area contributed by atoms with Gasteiger partial charge in [0.25, 0.3) is 0 Å². The number of benzene rings is 2. The Morgan fingerprint density at radius 2 is 1.85 bits per heavy atom. The first-order valence-electron chi connectivity index (χ1n) is 9.29. The monoisotopic (exact) mass is 416 g/mol. The molecule has 3 aromatic rings. The van der Waals surface area contributed by atoms with Crippen molar-refractivity contribution in [3.8, 4) is 0 Å². The van der Waals surface area contributed by atoms with Gasteiger partial charge in [0.15, 0.2) is 0 Å². The molecule has 0 saturated carbocycles. The number of aromatic nitrogens is 2. The second-order valence-electron chi connectivity index (χ2n) is 6.46. The van der Waals surface area contributed by atoms with Crippen LogP contribution < -0.4 is 0 Å². The highest BCUT2D eigenvalue weighted by Gasteiger charge is 2.13. The predicted octanol–water partition coefficient (Wildman–Crippen LogP) is 7.10. The van der Waals surface area contributed by atoms with Crippen LogP contribution in [0.2, 0.25) is 5.02 Å². The zero-order valence-corrected chi connectivity index (χ0v) is 17.9. The SMILES string of the molecule is CCCCSc1ccc(C(Cn2ccnc2)SCc2ccc(Cl)cc2)cc1. The van der Waals surface area contributed by atoms with E-state index in [1.807, 2.05) is 54.4 Å². The Bertz CT molecular complexity index is 786. The van der Waals surface area contributed by atoms with Crippen LogP contribution in [0.25, 0.3) is 0 Å². The predicted molar refractivity (Wildman–Crippen MR) is 120 cm³/mol. The van der Waals surface area contributed by atoms with Crippen molar-refractivity contribution in [1.82, 2.24) is 9.55 Å². The van der Waals surface area contributed by atoms with Gasteiger partial charge in [-0.3, -0.25) is 0 Å². The van der Waals surface area contributed by atoms with Crippen LogP contribution in [0.5, 0.6) is 0 Å². The molecule has 2 nitrogen and oxygen atoms in total. The second-order valence-corrected chi connectivity index (χ2v) is 9.25. The third kappa shape index (κ3) is 6.63. The third-order valence-electron chi connectivity index (χ3n) is 4.32. The third-order valence-corrected chi connectivity index (χ3v) is 6.99. The van der Waals surface area contributed by atoms with Gasteiger partial charge in [0, 0.05) is 39.9 Å². The van der Waals surface area contributed by atoms with Crippen molar-refractivity contribution in [3.05, 3.63) is 83.4 Å². The lowest BCUT2D eigenvalue weighted by Crippen LogP contribution is -2.05. The molecular formula is C22H25ClN2S2. The first kappa shape index (κ1) is 20.4. The van der Waals surface area contributed by atoms with Gasteiger partial charge in [0.05, 0.1) is 6.33 Å². The molecule has 0 N–H and O–H groups in total. The summed E-state index contributed by atoms with van der Waals surface area (Å²) in [5.74, 6) is 2.16. The summed E-state index contributed by atoms with van der Waals surface area (Å²) < 4.78 is 2.16. The average molecular weight is 417 g/mol. The highest BCUT2D eigenvalue weighted by atomic mass is 35.5. The summed E-state index contributed by atoms with van der Waals surface area (Å²) >= 11 is 9.91. The Kier molecular flexibility index (Phi) is 8.18. The van der Waals surface area contributed by atoms with Crippen molar-refractivity contribution < 1.29 is 0 Å². The van der Waals surface area contributed by atoms with Crippen LogP contribution in [-0.2, 0) is 12.3 Å². The molecule has 1 atom stereocenters. The number of imidazole rings is 1. The van der Waals surface area contributed by atoms with E-state index >= 15 is 0 Å². The van der Waals surface area contributed by atoms with Crippen molar-refractivity contribution in [2.24, 2.45) is 0 Å². The van der Waals surface area contributed by atoms with Crippen LogP contribution in [-0.4, -0.2) is 15.3 Å². The number of hydrogen-bond donors (Lipinski definition) is 0. The smallest absolute Gasteiger partial charge is 0.0946 e. The number of nitrogens with zero attached hydrogens (tertiary/aromatic N) is 2. The lowest BCUT2D eigenvalue weighted by Gasteiger charge is -2.18. The molecule has 0 saturated heterocycles. The molecule has 1 unspecified atom stereocenters. The molecule has 0 spiro atoms. The summed E-state index contributed by atoms with van der Waals surface area (Å²) in [7, 11) is 0. The van der Waals surface area contributed by atoms with E-state index in [1.54, 1.807) is 0 Å². The number of unbranched alkanes of at least 4 members (excludes halogenated alkanes) is 1. The van der Waals surface area contributed by atoms with Crippen LogP contribution in [0.1, 0.15) is 36.1 Å². The van der Waals surface area contributed by atoms with Crippen LogP contribution in [0, 0.1) is 0 Å². The summed E-state index contributed by atoms with van der Waals surface area (Å²) in [6.45, 7) is 3.16. The van der Waals surface area contributed by atoms with Crippen LogP contribution in [0.3, 0.4) is 0 Å². The maximum atomic E-state index is 6.01. The van der Waals surface area contributed by atoms with E-state index in [4.69, 9.17) is 11.6 Å². The molecule has 0 aliphatic carbocycles. The van der Waals surface area contributed by atoms with Gasteiger partial charge in [-0.05, 0) is 47.6 Å². The molecule has 142 valence electrons. The van der Waals surface area contributed by atoms with Gasteiger partial charge in [0.2, 0.25) is 0 Å². The van der Waals surface area contributed by atoms with E-state index in [2.05, 4.69) is 52.9 Å². The summed E-state index contributed by atoms with van der Waals surface area (Å²) in [5, 5.41) is 1.17. The molecule has 0 aliphatic heterocycles. The molecule has 3 rings (SSSR count). The largest absolute Gasteiger partial charge is 0.336 e. The highest BCUT2D eigenvalue weighted by molar-refractivity contribution is 7.99. The van der Waals surface area contributed by atoms with Gasteiger partial charge in [-0.15, -0.1) is 23.5 Å². The molecule has 0 bridgehead atoms. The van der Waals surface area contributed by atoms with Gasteiger partial charge in [0.1, 0.15) is 0 Å². The molecule has 2 aromatic carbocycles. The molecule has 5 heteroatoms. The van der Waals surface area contributed by atoms with Gasteiger partial charge in [-0.25, -0.2) is 4.98 Å². The number of rotatable bonds is 10. The van der Waals surface area contributed by atoms with E-state index in [9.17, 15) is 0 Å². The molecule has 27 heavy (non-hydrogen) atoms. The zero-order chi connectivity index (χ0) is 18.9. The van der Waals surface area contributed by atoms with E-state index in [-0.39, 0.29) is 0 Å². The maximum absolute atomic E-state index is 6.01. The van der Waals surface area contributed by atoms with Crippen LogP contribution in [0.4, 0.5) is 0 Å². The minimum atomic E-state index is 0.379. The van der Waals surface area contributed by atoms with Crippen molar-refractivity contribution >= 4 is 35.1 Å². The van der Waals surface area contributed by atoms with Crippen molar-refractivity contribution in [3.63, 3.8) is 0 Å². The van der Waals surface area contributed by atoms with E-state index in [1.165, 1.54) is 34.6 Å². The number of thioether (sulfide) groups is 2. The Morgan fingerprint density at radius 3 is 2.52 bits per heavy atom. The standard InChI is InChI=1S/C22H25ClN2S2/c1-2-3-14-26-21-10-6-19(7-11-21)22(15-25-13-12-24-17-25)27-16-18-4-8-20(23)9-5-18/h4-13,17,22H,2-3,14-16H2,1H3. The fourth-order valence-electron chi connectivity index (χ4n) is 2.73. The highest BCUT2D eigenvalue weighted by Crippen LogP contribution is 2.34. The van der Waals surface area contributed by atoms with E-state index in [0.29, 0.717) is 5.25 Å². The summed E-state index contributed by atoms with van der Waals surface area (Å²) in [5.41, 5.74) is 2.66. The molecule has 0 fully saturated rings. The second kappa shape index (κ2) is 10.8. The number of hydrogen-bond acceptors (Lipinski definition) is 3. The van der Waals surface area contributed by atoms with Gasteiger partial charge in [-0.2, -0.15) is 0 Å². The van der Waals surface area contributed by atoms with Gasteiger partial charge in [-0.1, -0.05) is 49.2 Å². The van der Waals surface area contributed by atoms with Crippen molar-refractivity contribution in [1.29, 1.82) is 0 Å². The quantitative estimate of drug-likeness (QED) is 0.259.